The van der Waals surface area contributed by atoms with Gasteiger partial charge in [-0.15, -0.1) is 13.2 Å². The Bertz CT molecular complexity index is 1650. The van der Waals surface area contributed by atoms with E-state index in [1.165, 1.54) is 44.5 Å². The number of aromatic nitrogens is 1. The number of piperidine rings is 3. The maximum absolute atomic E-state index is 7.24. The Morgan fingerprint density at radius 1 is 0.900 bits per heavy atom. The van der Waals surface area contributed by atoms with Crippen molar-refractivity contribution in [1.82, 2.24) is 9.88 Å². The number of ether oxygens (including phenoxy) is 1. The highest BCUT2D eigenvalue weighted by molar-refractivity contribution is 6.02. The van der Waals surface area contributed by atoms with Crippen molar-refractivity contribution in [3.8, 4) is 0 Å². The van der Waals surface area contributed by atoms with E-state index in [1.807, 2.05) is 12.3 Å². The lowest BCUT2D eigenvalue weighted by Crippen LogP contribution is -2.55. The third-order valence-electron chi connectivity index (χ3n) is 9.37. The molecule has 6 atom stereocenters. The highest BCUT2D eigenvalue weighted by Crippen LogP contribution is 2.44. The minimum Gasteiger partial charge on any atom is -0.364 e. The summed E-state index contributed by atoms with van der Waals surface area (Å²) >= 11 is 0. The van der Waals surface area contributed by atoms with Crippen molar-refractivity contribution in [3.05, 3.63) is 128 Å². The molecule has 0 aliphatic carbocycles. The van der Waals surface area contributed by atoms with Crippen LogP contribution in [0.15, 0.2) is 116 Å². The fourth-order valence-electron chi connectivity index (χ4n) is 7.33. The molecule has 0 radical (unpaired) electrons. The van der Waals surface area contributed by atoms with E-state index in [1.54, 1.807) is 0 Å². The minimum atomic E-state index is -0.136. The van der Waals surface area contributed by atoms with Gasteiger partial charge in [0.05, 0.1) is 17.7 Å². The van der Waals surface area contributed by atoms with Gasteiger partial charge in [0.1, 0.15) is 0 Å². The van der Waals surface area contributed by atoms with Crippen molar-refractivity contribution in [3.63, 3.8) is 0 Å². The summed E-state index contributed by atoms with van der Waals surface area (Å²) < 4.78 is 7.24. The van der Waals surface area contributed by atoms with Gasteiger partial charge in [-0.25, -0.2) is 0 Å². The van der Waals surface area contributed by atoms with Crippen LogP contribution in [0.1, 0.15) is 30.1 Å². The largest absolute Gasteiger partial charge is 0.364 e. The number of pyridine rings is 1. The van der Waals surface area contributed by atoms with Crippen LogP contribution in [0.2, 0.25) is 0 Å². The predicted octanol–water partition coefficient (Wildman–Crippen LogP) is 8.29. The molecule has 5 aromatic rings. The normalized spacial score (nSPS) is 23.8. The lowest BCUT2D eigenvalue weighted by Gasteiger charge is -2.51. The molecule has 0 N–H and O–H groups in total. The lowest BCUT2D eigenvalue weighted by molar-refractivity contribution is -0.0899. The molecule has 0 saturated carbocycles. The maximum atomic E-state index is 7.24. The highest BCUT2D eigenvalue weighted by atomic mass is 16.5. The number of para-hydroxylation sites is 1. The van der Waals surface area contributed by atoms with Crippen molar-refractivity contribution < 1.29 is 4.74 Å². The van der Waals surface area contributed by atoms with Gasteiger partial charge in [-0.2, -0.15) is 0 Å². The third-order valence-corrected chi connectivity index (χ3v) is 9.37. The Morgan fingerprint density at radius 3 is 2.27 bits per heavy atom. The molecule has 3 saturated heterocycles. The zero-order chi connectivity index (χ0) is 27.1. The van der Waals surface area contributed by atoms with Gasteiger partial charge in [0.25, 0.3) is 0 Å². The molecule has 1 unspecified atom stereocenters. The summed E-state index contributed by atoms with van der Waals surface area (Å²) in [6.07, 6.45) is 9.05. The quantitative estimate of drug-likeness (QED) is 0.151. The molecule has 3 fully saturated rings. The van der Waals surface area contributed by atoms with Crippen LogP contribution >= 0.6 is 0 Å². The third kappa shape index (κ3) is 4.44. The SMILES string of the molecule is C=C[C@H](Cc1c2ccccc2cc2ccccc12)O[C@H](c1ccnc2ccccc12)[C@@H]1C[C@H]2CCN1C[C@H]2C=C. The molecule has 8 rings (SSSR count). The molecular formula is C37H36N2O. The molecule has 4 heterocycles. The summed E-state index contributed by atoms with van der Waals surface area (Å²) in [6, 6.07) is 30.7. The van der Waals surface area contributed by atoms with Crippen LogP contribution < -0.4 is 0 Å². The molecule has 3 nitrogen and oxygen atoms in total. The number of nitrogens with zero attached hydrogens (tertiary/aromatic N) is 2. The number of rotatable bonds is 8. The van der Waals surface area contributed by atoms with Crippen LogP contribution in [0, 0.1) is 11.8 Å². The standard InChI is InChI=1S/C37H36N2O/c1-3-25-24-39-20-18-26(25)22-36(39)37(33-17-19-38-35-16-10-9-15-32(33)35)40-29(4-2)23-34-30-13-7-5-11-27(30)21-28-12-6-8-14-31(28)34/h3-17,19,21,25-26,29,36-37H,1-2,18,20,22-24H2/t25-,26-,29-,36+,37-/m1/s1. The summed E-state index contributed by atoms with van der Waals surface area (Å²) in [5.74, 6) is 1.23. The number of fused-ring (bicyclic) bond motifs is 6. The van der Waals surface area contributed by atoms with Crippen LogP contribution in [0.5, 0.6) is 0 Å². The lowest BCUT2D eigenvalue weighted by atomic mass is 9.73. The molecule has 0 spiro atoms. The maximum Gasteiger partial charge on any atom is 0.0995 e. The molecule has 1 aromatic heterocycles. The van der Waals surface area contributed by atoms with Gasteiger partial charge >= 0.3 is 0 Å². The van der Waals surface area contributed by atoms with Crippen molar-refractivity contribution in [2.75, 3.05) is 13.1 Å². The smallest absolute Gasteiger partial charge is 0.0995 e. The zero-order valence-corrected chi connectivity index (χ0v) is 23.0. The number of benzene rings is 4. The van der Waals surface area contributed by atoms with Crippen molar-refractivity contribution >= 4 is 32.4 Å². The van der Waals surface area contributed by atoms with Crippen molar-refractivity contribution in [2.24, 2.45) is 11.8 Å². The average Bonchev–Trinajstić information content (AvgIpc) is 3.02. The van der Waals surface area contributed by atoms with Gasteiger partial charge in [0.2, 0.25) is 0 Å². The first-order valence-electron chi connectivity index (χ1n) is 14.6. The Labute approximate surface area is 236 Å². The summed E-state index contributed by atoms with van der Waals surface area (Å²) in [5.41, 5.74) is 3.57. The van der Waals surface area contributed by atoms with Crippen LogP contribution in [-0.4, -0.2) is 35.1 Å². The fourth-order valence-corrected chi connectivity index (χ4v) is 7.33. The summed E-state index contributed by atoms with van der Waals surface area (Å²) in [4.78, 5) is 7.33. The van der Waals surface area contributed by atoms with Crippen molar-refractivity contribution in [1.29, 1.82) is 0 Å². The van der Waals surface area contributed by atoms with E-state index in [4.69, 9.17) is 4.74 Å². The molecule has 3 aliphatic heterocycles. The van der Waals surface area contributed by atoms with Crippen molar-refractivity contribution in [2.45, 2.75) is 37.5 Å². The summed E-state index contributed by atoms with van der Waals surface area (Å²) in [7, 11) is 0. The Morgan fingerprint density at radius 2 is 1.60 bits per heavy atom. The molecule has 3 aliphatic rings. The monoisotopic (exact) mass is 524 g/mol. The van der Waals surface area contributed by atoms with E-state index in [-0.39, 0.29) is 12.2 Å². The predicted molar refractivity (Wildman–Crippen MR) is 166 cm³/mol. The molecular weight excluding hydrogens is 488 g/mol. The topological polar surface area (TPSA) is 25.4 Å². The first-order valence-corrected chi connectivity index (χ1v) is 14.6. The summed E-state index contributed by atoms with van der Waals surface area (Å²) in [6.45, 7) is 10.6. The van der Waals surface area contributed by atoms with Crippen LogP contribution in [-0.2, 0) is 11.2 Å². The number of hydrogen-bond donors (Lipinski definition) is 0. The molecule has 3 heteroatoms. The van der Waals surface area contributed by atoms with E-state index in [2.05, 4.69) is 114 Å². The van der Waals surface area contributed by atoms with Gasteiger partial charge in [-0.1, -0.05) is 78.9 Å². The molecule has 2 bridgehead atoms. The van der Waals surface area contributed by atoms with E-state index < -0.39 is 0 Å². The minimum absolute atomic E-state index is 0.0781. The van der Waals surface area contributed by atoms with Gasteiger partial charge in [0.15, 0.2) is 0 Å². The first kappa shape index (κ1) is 25.2. The van der Waals surface area contributed by atoms with Gasteiger partial charge in [0, 0.05) is 30.6 Å². The molecule has 0 amide bonds. The van der Waals surface area contributed by atoms with E-state index in [0.717, 1.165) is 31.4 Å². The Hall–Kier alpha value is -3.79. The van der Waals surface area contributed by atoms with Gasteiger partial charge in [-0.05, 0) is 82.1 Å². The van der Waals surface area contributed by atoms with Crippen LogP contribution in [0.25, 0.3) is 32.4 Å². The zero-order valence-electron chi connectivity index (χ0n) is 23.0. The van der Waals surface area contributed by atoms with Gasteiger partial charge < -0.3 is 4.74 Å². The van der Waals surface area contributed by atoms with Crippen LogP contribution in [0.3, 0.4) is 0 Å². The highest BCUT2D eigenvalue weighted by Gasteiger charge is 2.43. The van der Waals surface area contributed by atoms with Crippen LogP contribution in [0.4, 0.5) is 0 Å². The molecule has 200 valence electrons. The van der Waals surface area contributed by atoms with Gasteiger partial charge in [-0.3, -0.25) is 9.88 Å². The second-order valence-electron chi connectivity index (χ2n) is 11.5. The Kier molecular flexibility index (Phi) is 6.71. The fraction of sp³-hybridized carbons (Fsp3) is 0.270. The summed E-state index contributed by atoms with van der Waals surface area (Å²) in [5, 5.41) is 6.29. The Balaban J connectivity index is 1.30. The molecule has 40 heavy (non-hydrogen) atoms. The average molecular weight is 525 g/mol. The van der Waals surface area contributed by atoms with E-state index >= 15 is 0 Å². The van der Waals surface area contributed by atoms with E-state index in [9.17, 15) is 0 Å². The molecule has 4 aromatic carbocycles. The van der Waals surface area contributed by atoms with E-state index in [0.29, 0.717) is 17.9 Å². The first-order chi connectivity index (χ1) is 19.7. The number of hydrogen-bond acceptors (Lipinski definition) is 3. The second kappa shape index (κ2) is 10.6. The second-order valence-corrected chi connectivity index (χ2v) is 11.5.